The molecule has 0 aliphatic heterocycles. The summed E-state index contributed by atoms with van der Waals surface area (Å²) in [6.07, 6.45) is 3.31. The Morgan fingerprint density at radius 2 is 2.44 bits per heavy atom. The Morgan fingerprint density at radius 3 is 3.06 bits per heavy atom. The van der Waals surface area contributed by atoms with E-state index in [9.17, 15) is 5.11 Å². The molecule has 2 rings (SSSR count). The van der Waals surface area contributed by atoms with E-state index in [4.69, 9.17) is 5.53 Å². The Kier molecular flexibility index (Phi) is 3.42. The Morgan fingerprint density at radius 1 is 1.62 bits per heavy atom. The summed E-state index contributed by atoms with van der Waals surface area (Å²) in [5.74, 6) is 0. The Hall–Kier alpha value is -1.11. The molecule has 0 bridgehead atoms. The number of rotatable bonds is 2. The molecule has 1 aliphatic rings. The number of aromatic nitrogens is 3. The van der Waals surface area contributed by atoms with Gasteiger partial charge in [-0.25, -0.2) is 9.67 Å². The van der Waals surface area contributed by atoms with Gasteiger partial charge < -0.3 is 5.11 Å². The van der Waals surface area contributed by atoms with E-state index in [1.807, 2.05) is 0 Å². The van der Waals surface area contributed by atoms with Gasteiger partial charge in [0.05, 0.1) is 18.2 Å². The van der Waals surface area contributed by atoms with Crippen molar-refractivity contribution in [3.63, 3.8) is 0 Å². The van der Waals surface area contributed by atoms with E-state index < -0.39 is 6.10 Å². The van der Waals surface area contributed by atoms with Crippen molar-refractivity contribution in [3.05, 3.63) is 21.5 Å². The molecule has 8 heteroatoms. The zero-order chi connectivity index (χ0) is 11.5. The summed E-state index contributed by atoms with van der Waals surface area (Å²) in [5.41, 5.74) is 8.40. The van der Waals surface area contributed by atoms with Crippen LogP contribution in [0.3, 0.4) is 0 Å². The van der Waals surface area contributed by atoms with Crippen molar-refractivity contribution in [1.82, 2.24) is 14.8 Å². The van der Waals surface area contributed by atoms with Gasteiger partial charge in [0.1, 0.15) is 6.33 Å². The minimum absolute atomic E-state index is 0.164. The van der Waals surface area contributed by atoms with Gasteiger partial charge in [-0.15, -0.1) is 5.10 Å². The largest absolute Gasteiger partial charge is 0.390 e. The quantitative estimate of drug-likeness (QED) is 0.510. The SMILES string of the molecule is [N-]=[N+]=N[C@H]1CCC[C@@H](n2cnc(Br)n2)[C@@H]1O. The predicted octanol–water partition coefficient (Wildman–Crippen LogP) is 1.81. The molecule has 7 nitrogen and oxygen atoms in total. The summed E-state index contributed by atoms with van der Waals surface area (Å²) >= 11 is 3.16. The lowest BCUT2D eigenvalue weighted by Crippen LogP contribution is -2.37. The zero-order valence-corrected chi connectivity index (χ0v) is 10.0. The van der Waals surface area contributed by atoms with Crippen molar-refractivity contribution < 1.29 is 5.11 Å². The summed E-state index contributed by atoms with van der Waals surface area (Å²) in [7, 11) is 0. The standard InChI is InChI=1S/C8H11BrN6O/c9-8-11-4-15(13-8)6-3-1-2-5(7(6)16)12-14-10/h4-7,16H,1-3H2/t5-,6+,7+/m0/s1. The molecule has 0 saturated heterocycles. The number of halogens is 1. The van der Waals surface area contributed by atoms with E-state index in [0.29, 0.717) is 4.73 Å². The van der Waals surface area contributed by atoms with Gasteiger partial charge >= 0.3 is 0 Å². The number of nitrogens with zero attached hydrogens (tertiary/aromatic N) is 6. The molecule has 3 atom stereocenters. The van der Waals surface area contributed by atoms with Gasteiger partial charge in [-0.2, -0.15) is 0 Å². The van der Waals surface area contributed by atoms with E-state index in [1.165, 1.54) is 0 Å². The normalized spacial score (nSPS) is 29.8. The molecule has 16 heavy (non-hydrogen) atoms. The highest BCUT2D eigenvalue weighted by atomic mass is 79.9. The molecule has 1 saturated carbocycles. The molecule has 0 spiro atoms. The van der Waals surface area contributed by atoms with Crippen LogP contribution in [-0.4, -0.2) is 32.0 Å². The molecule has 1 heterocycles. The van der Waals surface area contributed by atoms with Gasteiger partial charge in [-0.1, -0.05) is 11.5 Å². The number of azide groups is 1. The van der Waals surface area contributed by atoms with Crippen molar-refractivity contribution in [2.24, 2.45) is 5.11 Å². The fourth-order valence-corrected chi connectivity index (χ4v) is 2.30. The van der Waals surface area contributed by atoms with Crippen LogP contribution in [0.4, 0.5) is 0 Å². The van der Waals surface area contributed by atoms with Crippen molar-refractivity contribution in [2.45, 2.75) is 37.5 Å². The van der Waals surface area contributed by atoms with Crippen molar-refractivity contribution >= 4 is 15.9 Å². The average molecular weight is 287 g/mol. The second-order valence-electron chi connectivity index (χ2n) is 3.75. The third-order valence-electron chi connectivity index (χ3n) is 2.81. The summed E-state index contributed by atoms with van der Waals surface area (Å²) in [5, 5.41) is 17.8. The molecule has 86 valence electrons. The summed E-state index contributed by atoms with van der Waals surface area (Å²) in [4.78, 5) is 6.70. The first-order valence-electron chi connectivity index (χ1n) is 5.01. The molecule has 0 aromatic carbocycles. The molecule has 0 unspecified atom stereocenters. The Bertz CT molecular complexity index is 414. The molecule has 1 N–H and O–H groups in total. The summed E-state index contributed by atoms with van der Waals surface area (Å²) in [6.45, 7) is 0. The Balaban J connectivity index is 2.18. The number of hydrogen-bond acceptors (Lipinski definition) is 4. The van der Waals surface area contributed by atoms with Crippen LogP contribution in [0.15, 0.2) is 16.2 Å². The maximum absolute atomic E-state index is 10.1. The Labute approximate surface area is 100 Å². The second kappa shape index (κ2) is 4.82. The fraction of sp³-hybridized carbons (Fsp3) is 0.750. The maximum Gasteiger partial charge on any atom is 0.217 e. The topological polar surface area (TPSA) is 99.7 Å². The lowest BCUT2D eigenvalue weighted by Gasteiger charge is -2.31. The van der Waals surface area contributed by atoms with E-state index in [0.717, 1.165) is 19.3 Å². The van der Waals surface area contributed by atoms with E-state index >= 15 is 0 Å². The molecule has 1 aromatic heterocycles. The lowest BCUT2D eigenvalue weighted by atomic mass is 9.89. The molecular formula is C8H11BrN6O. The van der Waals surface area contributed by atoms with Crippen LogP contribution in [-0.2, 0) is 0 Å². The van der Waals surface area contributed by atoms with Crippen molar-refractivity contribution in [2.75, 3.05) is 0 Å². The average Bonchev–Trinajstić information content (AvgIpc) is 2.68. The van der Waals surface area contributed by atoms with E-state index in [-0.39, 0.29) is 12.1 Å². The van der Waals surface area contributed by atoms with Gasteiger partial charge in [0.2, 0.25) is 4.73 Å². The highest BCUT2D eigenvalue weighted by molar-refractivity contribution is 9.10. The first-order chi connectivity index (χ1) is 7.72. The molecular weight excluding hydrogens is 276 g/mol. The summed E-state index contributed by atoms with van der Waals surface area (Å²) in [6, 6.07) is -0.533. The molecule has 0 amide bonds. The predicted molar refractivity (Wildman–Crippen MR) is 59.6 cm³/mol. The highest BCUT2D eigenvalue weighted by Gasteiger charge is 2.32. The number of aliphatic hydroxyl groups excluding tert-OH is 1. The van der Waals surface area contributed by atoms with Crippen LogP contribution in [0.5, 0.6) is 0 Å². The first-order valence-corrected chi connectivity index (χ1v) is 5.80. The van der Waals surface area contributed by atoms with Gasteiger partial charge in [-0.3, -0.25) is 0 Å². The highest BCUT2D eigenvalue weighted by Crippen LogP contribution is 2.30. The van der Waals surface area contributed by atoms with E-state index in [2.05, 4.69) is 36.0 Å². The van der Waals surface area contributed by atoms with Crippen LogP contribution in [0, 0.1) is 0 Å². The minimum Gasteiger partial charge on any atom is -0.390 e. The number of aliphatic hydroxyl groups is 1. The van der Waals surface area contributed by atoms with Crippen LogP contribution in [0.2, 0.25) is 0 Å². The third-order valence-corrected chi connectivity index (χ3v) is 3.17. The van der Waals surface area contributed by atoms with E-state index in [1.54, 1.807) is 11.0 Å². The molecule has 1 fully saturated rings. The minimum atomic E-state index is -0.696. The first kappa shape index (κ1) is 11.4. The van der Waals surface area contributed by atoms with Crippen molar-refractivity contribution in [3.8, 4) is 0 Å². The monoisotopic (exact) mass is 286 g/mol. The van der Waals surface area contributed by atoms with Gasteiger partial charge in [0.25, 0.3) is 0 Å². The van der Waals surface area contributed by atoms with Crippen LogP contribution in [0.25, 0.3) is 10.4 Å². The van der Waals surface area contributed by atoms with Gasteiger partial charge in [0.15, 0.2) is 0 Å². The lowest BCUT2D eigenvalue weighted by molar-refractivity contribution is 0.0514. The van der Waals surface area contributed by atoms with Gasteiger partial charge in [0, 0.05) is 4.91 Å². The van der Waals surface area contributed by atoms with Gasteiger partial charge in [-0.05, 0) is 34.3 Å². The molecule has 1 aromatic rings. The van der Waals surface area contributed by atoms with Crippen LogP contribution < -0.4 is 0 Å². The fourth-order valence-electron chi connectivity index (χ4n) is 2.03. The van der Waals surface area contributed by atoms with Crippen LogP contribution >= 0.6 is 15.9 Å². The number of hydrogen-bond donors (Lipinski definition) is 1. The zero-order valence-electron chi connectivity index (χ0n) is 8.44. The van der Waals surface area contributed by atoms with Crippen molar-refractivity contribution in [1.29, 1.82) is 0 Å². The molecule has 0 radical (unpaired) electrons. The van der Waals surface area contributed by atoms with Crippen LogP contribution in [0.1, 0.15) is 25.3 Å². The molecule has 1 aliphatic carbocycles. The smallest absolute Gasteiger partial charge is 0.217 e. The third kappa shape index (κ3) is 2.18. The second-order valence-corrected chi connectivity index (χ2v) is 4.46. The summed E-state index contributed by atoms with van der Waals surface area (Å²) < 4.78 is 2.11. The maximum atomic E-state index is 10.1.